The van der Waals surface area contributed by atoms with Gasteiger partial charge in [-0.25, -0.2) is 0 Å². The smallest absolute Gasteiger partial charge is 1.00 e. The van der Waals surface area contributed by atoms with E-state index < -0.39 is 5.97 Å². The fourth-order valence-corrected chi connectivity index (χ4v) is 5.24. The Morgan fingerprint density at radius 1 is 0.895 bits per heavy atom. The third-order valence-electron chi connectivity index (χ3n) is 5.08. The molecule has 0 aliphatic heterocycles. The van der Waals surface area contributed by atoms with Crippen molar-refractivity contribution < 1.29 is 64.4 Å². The number of hydrogen-bond acceptors (Lipinski definition) is 7. The van der Waals surface area contributed by atoms with E-state index in [9.17, 15) is 14.4 Å². The van der Waals surface area contributed by atoms with Crippen molar-refractivity contribution in [2.45, 2.75) is 43.8 Å². The largest absolute Gasteiger partial charge is 1.00 e. The predicted molar refractivity (Wildman–Crippen MR) is 155 cm³/mol. The summed E-state index contributed by atoms with van der Waals surface area (Å²) in [6, 6.07) is 12.5. The van der Waals surface area contributed by atoms with Gasteiger partial charge in [0, 0.05) is 19.6 Å². The fraction of sp³-hybridized carbons (Fsp3) is 0.385. The first-order chi connectivity index (χ1) is 17.4. The van der Waals surface area contributed by atoms with Crippen molar-refractivity contribution in [2.24, 2.45) is 5.41 Å². The van der Waals surface area contributed by atoms with Crippen molar-refractivity contribution in [1.29, 1.82) is 0 Å². The summed E-state index contributed by atoms with van der Waals surface area (Å²) in [6.07, 6.45) is 1.69. The zero-order chi connectivity index (χ0) is 28.6. The van der Waals surface area contributed by atoms with Crippen LogP contribution in [0.1, 0.15) is 43.9 Å². The van der Waals surface area contributed by atoms with E-state index in [1.54, 1.807) is 0 Å². The number of carbonyl (C=O) groups excluding carboxylic acids is 5. The van der Waals surface area contributed by atoms with E-state index in [0.29, 0.717) is 0 Å². The first-order valence-electron chi connectivity index (χ1n) is 10.7. The Bertz CT molecular complexity index is 1110. The number of methoxy groups -OCH3 is 2. The van der Waals surface area contributed by atoms with E-state index in [4.69, 9.17) is 14.3 Å². The van der Waals surface area contributed by atoms with Gasteiger partial charge in [0.15, 0.2) is 0 Å². The molecule has 2 aromatic carbocycles. The van der Waals surface area contributed by atoms with Crippen molar-refractivity contribution in [3.8, 4) is 0 Å². The number of esters is 2. The molecule has 0 aromatic heterocycles. The molecule has 1 atom stereocenters. The van der Waals surface area contributed by atoms with Crippen LogP contribution in [0, 0.1) is 5.41 Å². The molecule has 1 aliphatic rings. The number of rotatable bonds is 5. The van der Waals surface area contributed by atoms with Crippen LogP contribution in [0.5, 0.6) is 0 Å². The standard InChI is InChI=1S/C12H13BrO2.C8H7Br3.C5H8O3.CO2.Na.H/c1-12(11(14)15-2)6-8-3-4-10(13)5-9(8)7-12;9-4-6-1-2-8(11)3-7(6)5-10;1-4(6)3-5(7)8-2;2-1-3;;/h3-5H,6-7H2,1-2H3;1-3H,4-5H2;3H2,1-2H3;;;/q;;;;+1;-1. The molecule has 0 bridgehead atoms. The average Bonchev–Trinajstić information content (AvgIpc) is 3.20. The molecule has 0 fully saturated rings. The molecule has 0 saturated carbocycles. The number of fused-ring (bicyclic) bond motifs is 1. The summed E-state index contributed by atoms with van der Waals surface area (Å²) >= 11 is 13.7. The van der Waals surface area contributed by atoms with Crippen LogP contribution in [0.3, 0.4) is 0 Å². The maximum Gasteiger partial charge on any atom is 1.00 e. The Hall–Kier alpha value is -0.650. The molecule has 0 heterocycles. The molecule has 7 nitrogen and oxygen atoms in total. The normalized spacial score (nSPS) is 14.2. The first-order valence-corrected chi connectivity index (χ1v) is 14.5. The SMILES string of the molecule is BrCc1ccc(Br)cc1CBr.COC(=O)C1(C)Cc2ccc(Br)cc2C1.COC(=O)CC(C)=O.O=C=O.[H-].[Na+]. The van der Waals surface area contributed by atoms with Crippen LogP contribution in [0.2, 0.25) is 0 Å². The van der Waals surface area contributed by atoms with Crippen molar-refractivity contribution in [1.82, 2.24) is 0 Å². The molecule has 0 saturated heterocycles. The van der Waals surface area contributed by atoms with Gasteiger partial charge < -0.3 is 10.9 Å². The number of halogens is 4. The minimum absolute atomic E-state index is 0. The quantitative estimate of drug-likeness (QED) is 0.197. The van der Waals surface area contributed by atoms with Crippen molar-refractivity contribution in [3.63, 3.8) is 0 Å². The molecule has 38 heavy (non-hydrogen) atoms. The Kier molecular flexibility index (Phi) is 22.0. The van der Waals surface area contributed by atoms with Crippen LogP contribution in [0.25, 0.3) is 0 Å². The van der Waals surface area contributed by atoms with Crippen molar-refractivity contribution >= 4 is 87.6 Å². The molecular weight excluding hydrogens is 767 g/mol. The Morgan fingerprint density at radius 2 is 1.39 bits per heavy atom. The number of Topliss-reactive ketones (excluding diaryl/α,β-unsaturated/α-hetero) is 1. The maximum absolute atomic E-state index is 11.7. The van der Waals surface area contributed by atoms with Gasteiger partial charge in [-0.05, 0) is 73.2 Å². The summed E-state index contributed by atoms with van der Waals surface area (Å²) in [6.45, 7) is 3.31. The van der Waals surface area contributed by atoms with Gasteiger partial charge in [0.25, 0.3) is 0 Å². The number of carbonyl (C=O) groups is 3. The van der Waals surface area contributed by atoms with Crippen LogP contribution < -0.4 is 29.6 Å². The van der Waals surface area contributed by atoms with Gasteiger partial charge >= 0.3 is 47.6 Å². The van der Waals surface area contributed by atoms with E-state index in [1.165, 1.54) is 43.4 Å². The second-order valence-electron chi connectivity index (χ2n) is 8.04. The molecule has 1 aliphatic carbocycles. The number of ketones is 1. The topological polar surface area (TPSA) is 104 Å². The maximum atomic E-state index is 11.7. The van der Waals surface area contributed by atoms with Gasteiger partial charge in [0.05, 0.1) is 19.6 Å². The molecule has 3 rings (SSSR count). The average molecular weight is 796 g/mol. The van der Waals surface area contributed by atoms with Gasteiger partial charge in [-0.1, -0.05) is 75.9 Å². The summed E-state index contributed by atoms with van der Waals surface area (Å²) in [5, 5.41) is 1.83. The van der Waals surface area contributed by atoms with Crippen LogP contribution in [0.15, 0.2) is 45.3 Å². The second-order valence-corrected chi connectivity index (χ2v) is 11.0. The van der Waals surface area contributed by atoms with Gasteiger partial charge in [-0.3, -0.25) is 14.4 Å². The summed E-state index contributed by atoms with van der Waals surface area (Å²) < 4.78 is 11.3. The summed E-state index contributed by atoms with van der Waals surface area (Å²) in [7, 11) is 2.71. The Balaban J connectivity index is -0.000000483. The number of alkyl halides is 2. The van der Waals surface area contributed by atoms with Crippen molar-refractivity contribution in [3.05, 3.63) is 67.6 Å². The molecule has 0 spiro atoms. The van der Waals surface area contributed by atoms with E-state index in [1.807, 2.05) is 13.0 Å². The van der Waals surface area contributed by atoms with Gasteiger partial charge in [0.2, 0.25) is 0 Å². The fourth-order valence-electron chi connectivity index (χ4n) is 3.35. The van der Waals surface area contributed by atoms with Crippen LogP contribution in [-0.2, 0) is 56.9 Å². The van der Waals surface area contributed by atoms with E-state index in [0.717, 1.165) is 32.4 Å². The molecule has 0 amide bonds. The summed E-state index contributed by atoms with van der Waals surface area (Å²) in [4.78, 5) is 48.2. The van der Waals surface area contributed by atoms with E-state index in [-0.39, 0.29) is 60.7 Å². The minimum Gasteiger partial charge on any atom is -1.00 e. The molecule has 0 radical (unpaired) electrons. The minimum atomic E-state index is -0.475. The van der Waals surface area contributed by atoms with Crippen LogP contribution in [-0.4, -0.2) is 38.1 Å². The molecular formula is C26H29Br4NaO7. The monoisotopic (exact) mass is 792 g/mol. The van der Waals surface area contributed by atoms with Gasteiger partial charge in [-0.2, -0.15) is 9.59 Å². The van der Waals surface area contributed by atoms with Crippen molar-refractivity contribution in [2.75, 3.05) is 14.2 Å². The molecule has 0 N–H and O–H groups in total. The number of ether oxygens (including phenoxy) is 2. The van der Waals surface area contributed by atoms with E-state index in [2.05, 4.69) is 98.8 Å². The molecule has 1 unspecified atom stereocenters. The zero-order valence-electron chi connectivity index (χ0n) is 22.9. The molecule has 2 aromatic rings. The van der Waals surface area contributed by atoms with Crippen LogP contribution >= 0.6 is 63.7 Å². The summed E-state index contributed by atoms with van der Waals surface area (Å²) in [5.41, 5.74) is 4.79. The Labute approximate surface area is 280 Å². The van der Waals surface area contributed by atoms with Gasteiger partial charge in [0.1, 0.15) is 12.2 Å². The van der Waals surface area contributed by atoms with Crippen LogP contribution in [0.4, 0.5) is 0 Å². The third kappa shape index (κ3) is 14.7. The Morgan fingerprint density at radius 3 is 1.84 bits per heavy atom. The summed E-state index contributed by atoms with van der Waals surface area (Å²) in [5.74, 6) is -0.760. The number of benzene rings is 2. The predicted octanol–water partition coefficient (Wildman–Crippen LogP) is 3.64. The third-order valence-corrected chi connectivity index (χ3v) is 7.28. The van der Waals surface area contributed by atoms with Gasteiger partial charge in [-0.15, -0.1) is 0 Å². The van der Waals surface area contributed by atoms with E-state index >= 15 is 0 Å². The second kappa shape index (κ2) is 21.1. The number of hydrogen-bond donors (Lipinski definition) is 0. The first kappa shape index (κ1) is 39.5. The zero-order valence-corrected chi connectivity index (χ0v) is 30.2. The molecule has 204 valence electrons. The molecule has 12 heteroatoms.